The van der Waals surface area contributed by atoms with Gasteiger partial charge in [-0.3, -0.25) is 9.59 Å². The second kappa shape index (κ2) is 9.28. The van der Waals surface area contributed by atoms with Gasteiger partial charge in [-0.1, -0.05) is 31.2 Å². The molecule has 160 valence electrons. The fourth-order valence-corrected chi connectivity index (χ4v) is 3.87. The van der Waals surface area contributed by atoms with Gasteiger partial charge < -0.3 is 14.2 Å². The summed E-state index contributed by atoms with van der Waals surface area (Å²) in [7, 11) is 0. The standard InChI is InChI=1S/C24H28O6/c1-14-7-5-6-8-18-11-19(18)10-15(2)28-24(27)23-20(9-14)12-21(29-16(3)25)13-22(23)30-17(4)26/h5-8,12-15,18-19H,9-11H2,1-4H3/b7-5+,8-6-/t14?,15-,18+,19+/m1/s1. The molecular formula is C24H28O6. The fourth-order valence-electron chi connectivity index (χ4n) is 3.87. The molecule has 0 radical (unpaired) electrons. The molecule has 1 unspecified atom stereocenters. The Labute approximate surface area is 176 Å². The molecule has 0 N–H and O–H groups in total. The van der Waals surface area contributed by atoms with Crippen LogP contribution >= 0.6 is 0 Å². The van der Waals surface area contributed by atoms with Crippen molar-refractivity contribution in [2.75, 3.05) is 0 Å². The molecule has 1 saturated carbocycles. The maximum absolute atomic E-state index is 13.1. The SMILES string of the molecule is CC(=O)Oc1cc2c(c(OC(C)=O)c1)C(=O)O[C@H](C)C[C@H]1C[C@@H]1/C=C\C=C\C(C)C2. The highest BCUT2D eigenvalue weighted by atomic mass is 16.6. The van der Waals surface area contributed by atoms with Gasteiger partial charge in [0.15, 0.2) is 0 Å². The Hall–Kier alpha value is -2.89. The zero-order chi connectivity index (χ0) is 21.8. The number of fused-ring (bicyclic) bond motifs is 2. The van der Waals surface area contributed by atoms with Crippen molar-refractivity contribution in [2.45, 2.75) is 53.1 Å². The summed E-state index contributed by atoms with van der Waals surface area (Å²) in [6.07, 6.45) is 10.5. The van der Waals surface area contributed by atoms with Crippen molar-refractivity contribution in [3.63, 3.8) is 0 Å². The topological polar surface area (TPSA) is 78.9 Å². The van der Waals surface area contributed by atoms with Gasteiger partial charge in [-0.15, -0.1) is 0 Å². The highest BCUT2D eigenvalue weighted by Crippen LogP contribution is 2.43. The largest absolute Gasteiger partial charge is 0.459 e. The predicted octanol–water partition coefficient (Wildman–Crippen LogP) is 4.41. The molecule has 6 nitrogen and oxygen atoms in total. The second-order valence-electron chi connectivity index (χ2n) is 8.21. The van der Waals surface area contributed by atoms with E-state index in [1.165, 1.54) is 19.9 Å². The van der Waals surface area contributed by atoms with Crippen molar-refractivity contribution in [1.82, 2.24) is 0 Å². The van der Waals surface area contributed by atoms with Gasteiger partial charge in [0.1, 0.15) is 17.1 Å². The lowest BCUT2D eigenvalue weighted by Crippen LogP contribution is -2.20. The Balaban J connectivity index is 2.05. The predicted molar refractivity (Wildman–Crippen MR) is 111 cm³/mol. The van der Waals surface area contributed by atoms with Crippen LogP contribution in [0.4, 0.5) is 0 Å². The quantitative estimate of drug-likeness (QED) is 0.529. The fraction of sp³-hybridized carbons (Fsp3) is 0.458. The summed E-state index contributed by atoms with van der Waals surface area (Å²) in [6.45, 7) is 6.45. The van der Waals surface area contributed by atoms with E-state index in [0.717, 1.165) is 12.8 Å². The van der Waals surface area contributed by atoms with E-state index in [0.29, 0.717) is 23.8 Å². The first-order valence-corrected chi connectivity index (χ1v) is 10.3. The Morgan fingerprint density at radius 3 is 2.40 bits per heavy atom. The molecule has 1 fully saturated rings. The number of benzene rings is 1. The van der Waals surface area contributed by atoms with Gasteiger partial charge in [-0.25, -0.2) is 4.79 Å². The molecule has 1 aliphatic carbocycles. The van der Waals surface area contributed by atoms with E-state index in [1.54, 1.807) is 6.07 Å². The van der Waals surface area contributed by atoms with Gasteiger partial charge in [-0.2, -0.15) is 0 Å². The Bertz CT molecular complexity index is 897. The van der Waals surface area contributed by atoms with E-state index in [2.05, 4.69) is 18.2 Å². The Kier molecular flexibility index (Phi) is 6.75. The number of cyclic esters (lactones) is 1. The second-order valence-corrected chi connectivity index (χ2v) is 8.21. The Morgan fingerprint density at radius 2 is 1.70 bits per heavy atom. The van der Waals surface area contributed by atoms with Crippen molar-refractivity contribution in [1.29, 1.82) is 0 Å². The lowest BCUT2D eigenvalue weighted by atomic mass is 9.95. The van der Waals surface area contributed by atoms with Gasteiger partial charge in [0.05, 0.1) is 6.10 Å². The van der Waals surface area contributed by atoms with Gasteiger partial charge >= 0.3 is 17.9 Å². The van der Waals surface area contributed by atoms with Crippen LogP contribution in [0.15, 0.2) is 36.4 Å². The van der Waals surface area contributed by atoms with E-state index in [4.69, 9.17) is 14.2 Å². The molecule has 1 aromatic carbocycles. The molecule has 2 aliphatic rings. The molecule has 0 amide bonds. The van der Waals surface area contributed by atoms with Crippen LogP contribution in [0.25, 0.3) is 0 Å². The van der Waals surface area contributed by atoms with Crippen LogP contribution < -0.4 is 9.47 Å². The summed E-state index contributed by atoms with van der Waals surface area (Å²) in [6, 6.07) is 3.02. The lowest BCUT2D eigenvalue weighted by Gasteiger charge is -2.19. The number of carbonyl (C=O) groups excluding carboxylic acids is 3. The van der Waals surface area contributed by atoms with E-state index >= 15 is 0 Å². The third kappa shape index (κ3) is 5.81. The minimum Gasteiger partial charge on any atom is -0.459 e. The van der Waals surface area contributed by atoms with Crippen LogP contribution in [-0.2, 0) is 20.7 Å². The summed E-state index contributed by atoms with van der Waals surface area (Å²) < 4.78 is 16.2. The monoisotopic (exact) mass is 412 g/mol. The van der Waals surface area contributed by atoms with Crippen molar-refractivity contribution in [3.05, 3.63) is 47.6 Å². The van der Waals surface area contributed by atoms with Crippen LogP contribution in [0.1, 0.15) is 56.5 Å². The third-order valence-corrected chi connectivity index (χ3v) is 5.25. The number of ether oxygens (including phenoxy) is 3. The summed E-state index contributed by atoms with van der Waals surface area (Å²) in [5.74, 6) is -0.217. The molecule has 0 aromatic heterocycles. The average Bonchev–Trinajstić information content (AvgIpc) is 3.34. The van der Waals surface area contributed by atoms with E-state index in [1.807, 2.05) is 19.9 Å². The zero-order valence-electron chi connectivity index (χ0n) is 17.8. The first-order chi connectivity index (χ1) is 14.2. The molecule has 1 heterocycles. The molecule has 1 aliphatic heterocycles. The van der Waals surface area contributed by atoms with Gasteiger partial charge in [0.25, 0.3) is 0 Å². The normalized spacial score (nSPS) is 28.1. The smallest absolute Gasteiger partial charge is 0.342 e. The highest BCUT2D eigenvalue weighted by Gasteiger charge is 2.36. The van der Waals surface area contributed by atoms with Crippen molar-refractivity contribution in [2.24, 2.45) is 17.8 Å². The molecule has 3 rings (SSSR count). The number of carbonyl (C=O) groups is 3. The molecule has 4 atom stereocenters. The van der Waals surface area contributed by atoms with Gasteiger partial charge in [0.2, 0.25) is 0 Å². The zero-order valence-corrected chi connectivity index (χ0v) is 17.8. The first kappa shape index (κ1) is 21.8. The lowest BCUT2D eigenvalue weighted by molar-refractivity contribution is -0.132. The Morgan fingerprint density at radius 1 is 1.00 bits per heavy atom. The molecular weight excluding hydrogens is 384 g/mol. The van der Waals surface area contributed by atoms with Crippen LogP contribution in [0.5, 0.6) is 11.5 Å². The molecule has 30 heavy (non-hydrogen) atoms. The van der Waals surface area contributed by atoms with Crippen molar-refractivity contribution < 1.29 is 28.6 Å². The van der Waals surface area contributed by atoms with Crippen LogP contribution in [0, 0.1) is 17.8 Å². The van der Waals surface area contributed by atoms with Crippen LogP contribution in [0.3, 0.4) is 0 Å². The summed E-state index contributed by atoms with van der Waals surface area (Å²) in [5.41, 5.74) is 0.804. The van der Waals surface area contributed by atoms with E-state index in [9.17, 15) is 14.4 Å². The maximum atomic E-state index is 13.1. The average molecular weight is 412 g/mol. The summed E-state index contributed by atoms with van der Waals surface area (Å²) in [5, 5.41) is 0. The molecule has 0 saturated heterocycles. The number of esters is 3. The molecule has 1 aromatic rings. The molecule has 0 spiro atoms. The van der Waals surface area contributed by atoms with Gasteiger partial charge in [0, 0.05) is 19.9 Å². The molecule has 6 heteroatoms. The minimum atomic E-state index is -0.573. The first-order valence-electron chi connectivity index (χ1n) is 10.3. The highest BCUT2D eigenvalue weighted by molar-refractivity contribution is 5.95. The van der Waals surface area contributed by atoms with E-state index in [-0.39, 0.29) is 29.1 Å². The molecule has 0 bridgehead atoms. The number of hydrogen-bond donors (Lipinski definition) is 0. The number of allylic oxidation sites excluding steroid dienone is 4. The third-order valence-electron chi connectivity index (χ3n) is 5.25. The summed E-state index contributed by atoms with van der Waals surface area (Å²) >= 11 is 0. The van der Waals surface area contributed by atoms with E-state index < -0.39 is 17.9 Å². The number of rotatable bonds is 2. The van der Waals surface area contributed by atoms with Gasteiger partial charge in [-0.05, 0) is 55.6 Å². The van der Waals surface area contributed by atoms with Crippen LogP contribution in [-0.4, -0.2) is 24.0 Å². The van der Waals surface area contributed by atoms with Crippen molar-refractivity contribution >= 4 is 17.9 Å². The summed E-state index contributed by atoms with van der Waals surface area (Å²) in [4.78, 5) is 36.2. The number of hydrogen-bond acceptors (Lipinski definition) is 6. The van der Waals surface area contributed by atoms with Crippen molar-refractivity contribution in [3.8, 4) is 11.5 Å². The minimum absolute atomic E-state index is 0.0425. The maximum Gasteiger partial charge on any atom is 0.342 e. The van der Waals surface area contributed by atoms with Crippen LogP contribution in [0.2, 0.25) is 0 Å².